The molecule has 1 unspecified atom stereocenters. The number of benzene rings is 1. The van der Waals surface area contributed by atoms with Crippen LogP contribution in [0.4, 0.5) is 0 Å². The molecule has 0 aromatic heterocycles. The Kier molecular flexibility index (Phi) is 5.67. The van der Waals surface area contributed by atoms with Crippen molar-refractivity contribution in [1.29, 1.82) is 5.26 Å². The van der Waals surface area contributed by atoms with Crippen LogP contribution in [0.15, 0.2) is 24.3 Å². The number of aryl methyl sites for hydroxylation is 1. The summed E-state index contributed by atoms with van der Waals surface area (Å²) in [5.74, 6) is 0.880. The lowest BCUT2D eigenvalue weighted by atomic mass is 10.00. The number of hydrogen-bond donors (Lipinski definition) is 1. The standard InChI is InChI=1S/C15H22N2O/c1-3-5-13-6-8-14(9-7-13)18-11-4-10-15(2,17)12-16/h6-9H,3-5,10-11,17H2,1-2H3. The van der Waals surface area contributed by atoms with E-state index in [9.17, 15) is 0 Å². The maximum atomic E-state index is 8.78. The molecule has 1 aromatic rings. The van der Waals surface area contributed by atoms with Gasteiger partial charge < -0.3 is 10.5 Å². The number of rotatable bonds is 7. The zero-order valence-electron chi connectivity index (χ0n) is 11.3. The van der Waals surface area contributed by atoms with E-state index in [0.717, 1.165) is 25.0 Å². The second kappa shape index (κ2) is 7.03. The SMILES string of the molecule is CCCc1ccc(OCCCC(C)(N)C#N)cc1. The molecule has 0 fully saturated rings. The van der Waals surface area contributed by atoms with Crippen LogP contribution in [0.3, 0.4) is 0 Å². The highest BCUT2D eigenvalue weighted by molar-refractivity contribution is 5.27. The predicted octanol–water partition coefficient (Wildman–Crippen LogP) is 3.04. The monoisotopic (exact) mass is 246 g/mol. The maximum Gasteiger partial charge on any atom is 0.119 e. The molecule has 18 heavy (non-hydrogen) atoms. The third-order valence-electron chi connectivity index (χ3n) is 2.83. The second-order valence-electron chi connectivity index (χ2n) is 4.88. The summed E-state index contributed by atoms with van der Waals surface area (Å²) >= 11 is 0. The van der Waals surface area contributed by atoms with Crippen molar-refractivity contribution in [3.8, 4) is 11.8 Å². The molecule has 0 bridgehead atoms. The van der Waals surface area contributed by atoms with Crippen molar-refractivity contribution >= 4 is 0 Å². The summed E-state index contributed by atoms with van der Waals surface area (Å²) in [6, 6.07) is 10.3. The van der Waals surface area contributed by atoms with E-state index in [1.54, 1.807) is 6.92 Å². The molecule has 1 atom stereocenters. The Morgan fingerprint density at radius 3 is 2.56 bits per heavy atom. The molecule has 0 spiro atoms. The Balaban J connectivity index is 2.30. The highest BCUT2D eigenvalue weighted by Crippen LogP contribution is 2.14. The Morgan fingerprint density at radius 1 is 1.33 bits per heavy atom. The molecule has 2 N–H and O–H groups in total. The lowest BCUT2D eigenvalue weighted by Crippen LogP contribution is -2.34. The van der Waals surface area contributed by atoms with Crippen molar-refractivity contribution in [3.63, 3.8) is 0 Å². The Morgan fingerprint density at radius 2 is 2.00 bits per heavy atom. The summed E-state index contributed by atoms with van der Waals surface area (Å²) in [6.07, 6.45) is 3.70. The first-order chi connectivity index (χ1) is 8.57. The summed E-state index contributed by atoms with van der Waals surface area (Å²) in [7, 11) is 0. The van der Waals surface area contributed by atoms with Crippen LogP contribution in [0, 0.1) is 11.3 Å². The van der Waals surface area contributed by atoms with E-state index in [0.29, 0.717) is 13.0 Å². The normalized spacial score (nSPS) is 13.7. The van der Waals surface area contributed by atoms with Gasteiger partial charge in [-0.1, -0.05) is 25.5 Å². The van der Waals surface area contributed by atoms with Crippen LogP contribution < -0.4 is 10.5 Å². The van der Waals surface area contributed by atoms with E-state index in [1.807, 2.05) is 12.1 Å². The van der Waals surface area contributed by atoms with Crippen molar-refractivity contribution in [2.24, 2.45) is 5.73 Å². The molecule has 98 valence electrons. The molecular formula is C15H22N2O. The molecular weight excluding hydrogens is 224 g/mol. The summed E-state index contributed by atoms with van der Waals surface area (Å²) in [5, 5.41) is 8.78. The number of hydrogen-bond acceptors (Lipinski definition) is 3. The summed E-state index contributed by atoms with van der Waals surface area (Å²) in [4.78, 5) is 0. The van der Waals surface area contributed by atoms with Gasteiger partial charge in [0.15, 0.2) is 0 Å². The van der Waals surface area contributed by atoms with Gasteiger partial charge in [-0.2, -0.15) is 5.26 Å². The summed E-state index contributed by atoms with van der Waals surface area (Å²) in [5.41, 5.74) is 6.33. The number of nitriles is 1. The largest absolute Gasteiger partial charge is 0.494 e. The molecule has 0 heterocycles. The van der Waals surface area contributed by atoms with Crippen LogP contribution in [-0.4, -0.2) is 12.1 Å². The van der Waals surface area contributed by atoms with Crippen molar-refractivity contribution < 1.29 is 4.74 Å². The third-order valence-corrected chi connectivity index (χ3v) is 2.83. The van der Waals surface area contributed by atoms with Gasteiger partial charge in [0.2, 0.25) is 0 Å². The first-order valence-electron chi connectivity index (χ1n) is 6.49. The zero-order chi connectivity index (χ0) is 13.4. The van der Waals surface area contributed by atoms with Crippen molar-refractivity contribution in [2.45, 2.75) is 45.1 Å². The molecule has 3 heteroatoms. The van der Waals surface area contributed by atoms with E-state index in [-0.39, 0.29) is 0 Å². The van der Waals surface area contributed by atoms with Gasteiger partial charge in [-0.15, -0.1) is 0 Å². The van der Waals surface area contributed by atoms with Crippen LogP contribution in [0.2, 0.25) is 0 Å². The van der Waals surface area contributed by atoms with Crippen LogP contribution in [0.5, 0.6) is 5.75 Å². The highest BCUT2D eigenvalue weighted by atomic mass is 16.5. The van der Waals surface area contributed by atoms with Crippen LogP contribution in [0.1, 0.15) is 38.7 Å². The van der Waals surface area contributed by atoms with Crippen LogP contribution in [-0.2, 0) is 6.42 Å². The quantitative estimate of drug-likeness (QED) is 0.752. The van der Waals surface area contributed by atoms with E-state index < -0.39 is 5.54 Å². The minimum Gasteiger partial charge on any atom is -0.494 e. The molecule has 0 aliphatic carbocycles. The van der Waals surface area contributed by atoms with Crippen molar-refractivity contribution in [3.05, 3.63) is 29.8 Å². The van der Waals surface area contributed by atoms with Gasteiger partial charge in [0.25, 0.3) is 0 Å². The number of nitrogens with zero attached hydrogens (tertiary/aromatic N) is 1. The molecule has 0 radical (unpaired) electrons. The topological polar surface area (TPSA) is 59.0 Å². The first-order valence-corrected chi connectivity index (χ1v) is 6.49. The fourth-order valence-corrected chi connectivity index (χ4v) is 1.73. The first kappa shape index (κ1) is 14.5. The highest BCUT2D eigenvalue weighted by Gasteiger charge is 2.16. The Labute approximate surface area is 110 Å². The number of nitrogens with two attached hydrogens (primary N) is 1. The molecule has 0 saturated carbocycles. The smallest absolute Gasteiger partial charge is 0.119 e. The van der Waals surface area contributed by atoms with Gasteiger partial charge in [0.1, 0.15) is 11.3 Å². The maximum absolute atomic E-state index is 8.78. The minimum atomic E-state index is -0.742. The van der Waals surface area contributed by atoms with Crippen molar-refractivity contribution in [2.75, 3.05) is 6.61 Å². The van der Waals surface area contributed by atoms with Crippen molar-refractivity contribution in [1.82, 2.24) is 0 Å². The third kappa shape index (κ3) is 5.20. The van der Waals surface area contributed by atoms with Gasteiger partial charge in [0.05, 0.1) is 12.7 Å². The fourth-order valence-electron chi connectivity index (χ4n) is 1.73. The summed E-state index contributed by atoms with van der Waals surface area (Å²) < 4.78 is 5.61. The molecule has 0 saturated heterocycles. The average Bonchev–Trinajstić information content (AvgIpc) is 2.37. The lowest BCUT2D eigenvalue weighted by molar-refractivity contribution is 0.296. The van der Waals surface area contributed by atoms with E-state index >= 15 is 0 Å². The molecule has 1 rings (SSSR count). The second-order valence-corrected chi connectivity index (χ2v) is 4.88. The molecule has 1 aromatic carbocycles. The van der Waals surface area contributed by atoms with E-state index in [2.05, 4.69) is 25.1 Å². The molecule has 0 aliphatic heterocycles. The van der Waals surface area contributed by atoms with Gasteiger partial charge >= 0.3 is 0 Å². The minimum absolute atomic E-state index is 0.599. The molecule has 3 nitrogen and oxygen atoms in total. The lowest BCUT2D eigenvalue weighted by Gasteiger charge is -2.15. The Hall–Kier alpha value is -1.53. The van der Waals surface area contributed by atoms with E-state index in [4.69, 9.17) is 15.7 Å². The summed E-state index contributed by atoms with van der Waals surface area (Å²) in [6.45, 7) is 4.51. The molecule has 0 amide bonds. The van der Waals surface area contributed by atoms with Gasteiger partial charge in [-0.25, -0.2) is 0 Å². The fraction of sp³-hybridized carbons (Fsp3) is 0.533. The zero-order valence-corrected chi connectivity index (χ0v) is 11.3. The number of ether oxygens (including phenoxy) is 1. The van der Waals surface area contributed by atoms with Crippen LogP contribution >= 0.6 is 0 Å². The Bertz CT molecular complexity index is 390. The van der Waals surface area contributed by atoms with Gasteiger partial charge in [-0.3, -0.25) is 0 Å². The van der Waals surface area contributed by atoms with E-state index in [1.165, 1.54) is 5.56 Å². The van der Waals surface area contributed by atoms with Gasteiger partial charge in [0, 0.05) is 0 Å². The average molecular weight is 246 g/mol. The van der Waals surface area contributed by atoms with Crippen LogP contribution in [0.25, 0.3) is 0 Å². The van der Waals surface area contributed by atoms with Gasteiger partial charge in [-0.05, 0) is 43.9 Å². The molecule has 0 aliphatic rings. The predicted molar refractivity (Wildman–Crippen MR) is 73.4 cm³/mol.